The first-order chi connectivity index (χ1) is 24.1. The number of hydrogen-bond acceptors (Lipinski definition) is 7. The Morgan fingerprint density at radius 1 is 0.980 bits per heavy atom. The molecule has 2 aromatic heterocycles. The second-order valence-electron chi connectivity index (χ2n) is 13.2. The summed E-state index contributed by atoms with van der Waals surface area (Å²) >= 11 is 13.7. The summed E-state index contributed by atoms with van der Waals surface area (Å²) in [6.45, 7) is 7.42. The maximum absolute atomic E-state index is 13.2. The third kappa shape index (κ3) is 8.25. The standard InChI is InChI=1S/C39H41Cl2N5O4/c1-24-18-27(32(40)19-28(24)22-46-16-4-3-8-36(46)39(49)50)10-12-34-37(41)31(13-15-42-34)30-6-5-7-33(25(30)2)44-38(48)35-11-9-26(20-43-35)21-45-17-14-29(47)23-45/h5-7,9-13,15,18-20,29,36,47H,3-4,8,14,16-17,21-23H2,1-2H3,(H,44,48)(H,49,50)/b12-10+/t29-,36+/m1/s1. The lowest BCUT2D eigenvalue weighted by atomic mass is 9.98. The molecule has 0 bridgehead atoms. The Morgan fingerprint density at radius 3 is 2.56 bits per heavy atom. The van der Waals surface area contributed by atoms with Crippen molar-refractivity contribution in [3.8, 4) is 11.1 Å². The van der Waals surface area contributed by atoms with E-state index in [0.717, 1.165) is 71.3 Å². The summed E-state index contributed by atoms with van der Waals surface area (Å²) in [6, 6.07) is 14.6. The lowest BCUT2D eigenvalue weighted by molar-refractivity contribution is -0.144. The molecule has 3 N–H and O–H groups in total. The smallest absolute Gasteiger partial charge is 0.320 e. The molecule has 0 radical (unpaired) electrons. The van der Waals surface area contributed by atoms with E-state index in [2.05, 4.69) is 20.2 Å². The van der Waals surface area contributed by atoms with Crippen LogP contribution in [0, 0.1) is 13.8 Å². The van der Waals surface area contributed by atoms with Gasteiger partial charge in [-0.05, 0) is 103 Å². The molecular weight excluding hydrogens is 673 g/mol. The molecule has 2 saturated heterocycles. The molecule has 0 spiro atoms. The minimum absolute atomic E-state index is 0.281. The third-order valence-electron chi connectivity index (χ3n) is 9.65. The molecule has 2 atom stereocenters. The maximum atomic E-state index is 13.2. The number of rotatable bonds is 10. The van der Waals surface area contributed by atoms with Crippen LogP contribution in [0.1, 0.15) is 69.7 Å². The quantitative estimate of drug-likeness (QED) is 0.155. The molecule has 9 nitrogen and oxygen atoms in total. The van der Waals surface area contributed by atoms with E-state index in [1.165, 1.54) is 0 Å². The van der Waals surface area contributed by atoms with E-state index in [1.807, 2.05) is 73.4 Å². The van der Waals surface area contributed by atoms with E-state index < -0.39 is 12.0 Å². The Bertz CT molecular complexity index is 1920. The van der Waals surface area contributed by atoms with Gasteiger partial charge >= 0.3 is 5.97 Å². The summed E-state index contributed by atoms with van der Waals surface area (Å²) in [4.78, 5) is 38.1. The SMILES string of the molecule is Cc1cc(/C=C/c2nccc(-c3cccc(NC(=O)c4ccc(CN5CC[C@@H](O)C5)cn4)c3C)c2Cl)c(Cl)cc1CN1CCCC[C@H]1C(=O)O. The number of nitrogens with zero attached hydrogens (tertiary/aromatic N) is 4. The second-order valence-corrected chi connectivity index (χ2v) is 14.0. The van der Waals surface area contributed by atoms with E-state index in [9.17, 15) is 19.8 Å². The number of amides is 1. The summed E-state index contributed by atoms with van der Waals surface area (Å²) < 4.78 is 0. The Balaban J connectivity index is 1.16. The first kappa shape index (κ1) is 35.7. The number of aliphatic hydroxyl groups excluding tert-OH is 1. The van der Waals surface area contributed by atoms with E-state index in [-0.39, 0.29) is 12.0 Å². The van der Waals surface area contributed by atoms with Crippen molar-refractivity contribution in [1.82, 2.24) is 19.8 Å². The van der Waals surface area contributed by atoms with Gasteiger partial charge < -0.3 is 15.5 Å². The Morgan fingerprint density at radius 2 is 1.82 bits per heavy atom. The van der Waals surface area contributed by atoms with Crippen molar-refractivity contribution in [2.75, 3.05) is 25.0 Å². The fourth-order valence-corrected chi connectivity index (χ4v) is 7.32. The number of hydrogen-bond donors (Lipinski definition) is 3. The van der Waals surface area contributed by atoms with Crippen molar-refractivity contribution in [3.05, 3.63) is 110 Å². The largest absolute Gasteiger partial charge is 0.480 e. The van der Waals surface area contributed by atoms with Gasteiger partial charge in [-0.25, -0.2) is 0 Å². The number of halogens is 2. The van der Waals surface area contributed by atoms with Crippen LogP contribution in [0.25, 0.3) is 23.3 Å². The maximum Gasteiger partial charge on any atom is 0.320 e. The number of nitrogens with one attached hydrogen (secondary N) is 1. The number of aliphatic hydroxyl groups is 1. The minimum atomic E-state index is -0.777. The number of carboxylic acids is 1. The van der Waals surface area contributed by atoms with Gasteiger partial charge in [0.15, 0.2) is 0 Å². The van der Waals surface area contributed by atoms with Crippen molar-refractivity contribution in [3.63, 3.8) is 0 Å². The fourth-order valence-electron chi connectivity index (χ4n) is 6.79. The van der Waals surface area contributed by atoms with Crippen molar-refractivity contribution in [1.29, 1.82) is 0 Å². The number of anilines is 1. The highest BCUT2D eigenvalue weighted by atomic mass is 35.5. The van der Waals surface area contributed by atoms with E-state index in [0.29, 0.717) is 53.2 Å². The number of piperidine rings is 1. The monoisotopic (exact) mass is 713 g/mol. The van der Waals surface area contributed by atoms with Crippen molar-refractivity contribution in [2.45, 2.75) is 64.8 Å². The zero-order valence-electron chi connectivity index (χ0n) is 28.2. The van der Waals surface area contributed by atoms with Gasteiger partial charge in [0, 0.05) is 54.8 Å². The molecule has 0 saturated carbocycles. The number of β-amino-alcohol motifs (C(OH)–C–C–N with tert-alkyl or cyclic N) is 1. The lowest BCUT2D eigenvalue weighted by Crippen LogP contribution is -2.44. The number of aromatic nitrogens is 2. The molecule has 0 unspecified atom stereocenters. The zero-order valence-corrected chi connectivity index (χ0v) is 29.7. The summed E-state index contributed by atoms with van der Waals surface area (Å²) in [7, 11) is 0. The molecule has 2 aromatic carbocycles. The summed E-state index contributed by atoms with van der Waals surface area (Å²) in [5.41, 5.74) is 7.84. The molecule has 50 heavy (non-hydrogen) atoms. The van der Waals surface area contributed by atoms with Crippen molar-refractivity contribution >= 4 is 52.9 Å². The van der Waals surface area contributed by atoms with E-state index in [1.54, 1.807) is 18.5 Å². The Hall–Kier alpha value is -4.12. The molecule has 2 fully saturated rings. The number of aryl methyl sites for hydroxylation is 1. The average Bonchev–Trinajstić information content (AvgIpc) is 3.51. The zero-order chi connectivity index (χ0) is 35.4. The fraction of sp³-hybridized carbons (Fsp3) is 0.333. The van der Waals surface area contributed by atoms with Gasteiger partial charge in [-0.2, -0.15) is 0 Å². The molecule has 4 aromatic rings. The number of carboxylic acid groups (broad SMARTS) is 1. The summed E-state index contributed by atoms with van der Waals surface area (Å²) in [5.74, 6) is -1.09. The summed E-state index contributed by atoms with van der Waals surface area (Å²) in [5, 5.41) is 23.5. The van der Waals surface area contributed by atoms with Crippen LogP contribution in [0.3, 0.4) is 0 Å². The summed E-state index contributed by atoms with van der Waals surface area (Å²) in [6.07, 6.45) is 10.2. The number of carbonyl (C=O) groups is 2. The lowest BCUT2D eigenvalue weighted by Gasteiger charge is -2.33. The highest BCUT2D eigenvalue weighted by molar-refractivity contribution is 6.35. The molecule has 6 rings (SSSR count). The highest BCUT2D eigenvalue weighted by Crippen LogP contribution is 2.36. The number of likely N-dealkylation sites (tertiary alicyclic amines) is 2. The second kappa shape index (κ2) is 15.8. The number of benzene rings is 2. The molecule has 1 amide bonds. The van der Waals surface area contributed by atoms with Gasteiger partial charge in [-0.1, -0.05) is 60.0 Å². The van der Waals surface area contributed by atoms with Gasteiger partial charge in [0.25, 0.3) is 5.91 Å². The van der Waals surface area contributed by atoms with Crippen LogP contribution in [-0.4, -0.2) is 73.6 Å². The van der Waals surface area contributed by atoms with Crippen LogP contribution in [-0.2, 0) is 17.9 Å². The molecule has 11 heteroatoms. The van der Waals surface area contributed by atoms with Crippen LogP contribution < -0.4 is 5.32 Å². The van der Waals surface area contributed by atoms with E-state index >= 15 is 0 Å². The van der Waals surface area contributed by atoms with Gasteiger partial charge in [0.1, 0.15) is 11.7 Å². The molecule has 260 valence electrons. The Kier molecular flexibility index (Phi) is 11.3. The van der Waals surface area contributed by atoms with Crippen LogP contribution in [0.4, 0.5) is 5.69 Å². The molecule has 2 aliphatic rings. The first-order valence-electron chi connectivity index (χ1n) is 16.9. The van der Waals surface area contributed by atoms with Gasteiger partial charge in [-0.3, -0.25) is 29.4 Å². The number of pyridine rings is 2. The molecule has 2 aliphatic heterocycles. The number of carbonyl (C=O) groups excluding carboxylic acids is 1. The highest BCUT2D eigenvalue weighted by Gasteiger charge is 2.28. The van der Waals surface area contributed by atoms with Gasteiger partial charge in [-0.15, -0.1) is 0 Å². The molecular formula is C39H41Cl2N5O4. The van der Waals surface area contributed by atoms with Crippen LogP contribution >= 0.6 is 23.2 Å². The molecule has 4 heterocycles. The topological polar surface area (TPSA) is 119 Å². The average molecular weight is 715 g/mol. The van der Waals surface area contributed by atoms with Gasteiger partial charge in [0.05, 0.1) is 16.8 Å². The van der Waals surface area contributed by atoms with Crippen LogP contribution in [0.5, 0.6) is 0 Å². The number of aliphatic carboxylic acids is 1. The predicted octanol–water partition coefficient (Wildman–Crippen LogP) is 7.50. The normalized spacial score (nSPS) is 18.5. The van der Waals surface area contributed by atoms with Crippen molar-refractivity contribution in [2.24, 2.45) is 0 Å². The predicted molar refractivity (Wildman–Crippen MR) is 198 cm³/mol. The van der Waals surface area contributed by atoms with Crippen molar-refractivity contribution < 1.29 is 19.8 Å². The van der Waals surface area contributed by atoms with Gasteiger partial charge in [0.2, 0.25) is 0 Å². The molecule has 0 aliphatic carbocycles. The van der Waals surface area contributed by atoms with Crippen LogP contribution in [0.2, 0.25) is 10.0 Å². The van der Waals surface area contributed by atoms with Crippen LogP contribution in [0.15, 0.2) is 60.9 Å². The van der Waals surface area contributed by atoms with E-state index in [4.69, 9.17) is 23.2 Å². The third-order valence-corrected chi connectivity index (χ3v) is 10.4. The minimum Gasteiger partial charge on any atom is -0.480 e. The first-order valence-corrected chi connectivity index (χ1v) is 17.7. The Labute approximate surface area is 302 Å².